The van der Waals surface area contributed by atoms with Gasteiger partial charge in [-0.25, -0.2) is 17.9 Å². The third-order valence-corrected chi connectivity index (χ3v) is 4.87. The Labute approximate surface area is 138 Å². The zero-order valence-corrected chi connectivity index (χ0v) is 13.5. The Kier molecular flexibility index (Phi) is 4.64. The van der Waals surface area contributed by atoms with Crippen LogP contribution in [0.2, 0.25) is 0 Å². The van der Waals surface area contributed by atoms with Crippen molar-refractivity contribution in [3.63, 3.8) is 0 Å². The summed E-state index contributed by atoms with van der Waals surface area (Å²) in [5, 5.41) is 0. The van der Waals surface area contributed by atoms with Gasteiger partial charge in [0.1, 0.15) is 0 Å². The van der Waals surface area contributed by atoms with E-state index < -0.39 is 15.8 Å². The number of nitrogens with one attached hydrogen (secondary N) is 2. The number of rotatable bonds is 6. The van der Waals surface area contributed by atoms with Gasteiger partial charge in [-0.1, -0.05) is 42.5 Å². The van der Waals surface area contributed by atoms with Crippen LogP contribution in [0.3, 0.4) is 0 Å². The minimum Gasteiger partial charge on any atom is -0.408 e. The van der Waals surface area contributed by atoms with E-state index in [0.29, 0.717) is 11.9 Å². The van der Waals surface area contributed by atoms with E-state index in [1.54, 1.807) is 0 Å². The van der Waals surface area contributed by atoms with Gasteiger partial charge in [0.2, 0.25) is 10.0 Å². The van der Waals surface area contributed by atoms with Gasteiger partial charge in [0.25, 0.3) is 0 Å². The quantitative estimate of drug-likeness (QED) is 0.672. The number of benzene rings is 2. The Morgan fingerprint density at radius 3 is 2.71 bits per heavy atom. The summed E-state index contributed by atoms with van der Waals surface area (Å²) in [6, 6.07) is 14.0. The first-order valence-corrected chi connectivity index (χ1v) is 8.87. The molecule has 0 saturated carbocycles. The van der Waals surface area contributed by atoms with Crippen LogP contribution in [0.5, 0.6) is 0 Å². The lowest BCUT2D eigenvalue weighted by Gasteiger charge is -2.05. The van der Waals surface area contributed by atoms with E-state index in [9.17, 15) is 13.2 Å². The number of oxazole rings is 1. The first-order valence-electron chi connectivity index (χ1n) is 7.39. The lowest BCUT2D eigenvalue weighted by Crippen LogP contribution is -2.24. The van der Waals surface area contributed by atoms with Crippen molar-refractivity contribution in [1.82, 2.24) is 9.71 Å². The van der Waals surface area contributed by atoms with Crippen LogP contribution >= 0.6 is 0 Å². The van der Waals surface area contributed by atoms with E-state index in [-0.39, 0.29) is 17.0 Å². The maximum Gasteiger partial charge on any atom is 0.417 e. The highest BCUT2D eigenvalue weighted by atomic mass is 32.2. The largest absolute Gasteiger partial charge is 0.417 e. The van der Waals surface area contributed by atoms with Crippen molar-refractivity contribution in [2.24, 2.45) is 0 Å². The topological polar surface area (TPSA) is 92.2 Å². The third-order valence-electron chi connectivity index (χ3n) is 3.42. The van der Waals surface area contributed by atoms with Crippen LogP contribution in [-0.4, -0.2) is 19.9 Å². The molecule has 6 nitrogen and oxygen atoms in total. The van der Waals surface area contributed by atoms with Gasteiger partial charge < -0.3 is 4.42 Å². The van der Waals surface area contributed by atoms with Crippen molar-refractivity contribution in [3.05, 3.63) is 70.7 Å². The molecule has 124 valence electrons. The molecular formula is C17H16N2O4S. The maximum atomic E-state index is 12.3. The van der Waals surface area contributed by atoms with Gasteiger partial charge in [0.15, 0.2) is 5.58 Å². The highest BCUT2D eigenvalue weighted by Gasteiger charge is 2.14. The molecule has 0 aliphatic rings. The first-order chi connectivity index (χ1) is 11.5. The van der Waals surface area contributed by atoms with E-state index >= 15 is 0 Å². The fourth-order valence-corrected chi connectivity index (χ4v) is 3.30. The molecule has 0 unspecified atom stereocenters. The van der Waals surface area contributed by atoms with Crippen molar-refractivity contribution < 1.29 is 12.8 Å². The molecule has 3 rings (SSSR count). The van der Waals surface area contributed by atoms with E-state index in [4.69, 9.17) is 4.42 Å². The fraction of sp³-hybridized carbons (Fsp3) is 0.118. The van der Waals surface area contributed by atoms with Gasteiger partial charge in [-0.05, 0) is 24.1 Å². The summed E-state index contributed by atoms with van der Waals surface area (Å²) in [5.74, 6) is -0.612. The molecule has 0 bridgehead atoms. The zero-order valence-electron chi connectivity index (χ0n) is 12.7. The molecule has 0 radical (unpaired) electrons. The summed E-state index contributed by atoms with van der Waals surface area (Å²) < 4.78 is 31.9. The number of hydrogen-bond acceptors (Lipinski definition) is 4. The second-order valence-electron chi connectivity index (χ2n) is 5.17. The zero-order chi connectivity index (χ0) is 17.0. The summed E-state index contributed by atoms with van der Waals surface area (Å²) in [6.07, 6.45) is 4.41. The number of H-pyrrole nitrogens is 1. The van der Waals surface area contributed by atoms with Gasteiger partial charge >= 0.3 is 5.76 Å². The molecule has 0 aliphatic carbocycles. The summed E-state index contributed by atoms with van der Waals surface area (Å²) in [4.78, 5) is 13.6. The molecule has 0 amide bonds. The van der Waals surface area contributed by atoms with E-state index in [2.05, 4.69) is 9.71 Å². The Bertz CT molecular complexity index is 1020. The Morgan fingerprint density at radius 1 is 1.12 bits per heavy atom. The van der Waals surface area contributed by atoms with Crippen LogP contribution in [0.15, 0.2) is 68.7 Å². The fourth-order valence-electron chi connectivity index (χ4n) is 2.24. The standard InChI is InChI=1S/C17H16N2O4S/c20-17-19-15-10-9-14(12-16(15)23-17)24(21,22)18-11-5-4-8-13-6-2-1-3-7-13/h1-4,6-10,12,18H,5,11H2,(H,19,20)/b8-4+. The molecular weight excluding hydrogens is 328 g/mol. The molecule has 0 saturated heterocycles. The molecule has 0 atom stereocenters. The van der Waals surface area contributed by atoms with Crippen molar-refractivity contribution in [1.29, 1.82) is 0 Å². The van der Waals surface area contributed by atoms with Crippen LogP contribution in [0.4, 0.5) is 0 Å². The third kappa shape index (κ3) is 3.81. The summed E-state index contributed by atoms with van der Waals surface area (Å²) in [7, 11) is -3.65. The number of aromatic nitrogens is 1. The minimum absolute atomic E-state index is 0.0600. The van der Waals surface area contributed by atoms with Crippen molar-refractivity contribution >= 4 is 27.2 Å². The Balaban J connectivity index is 1.62. The normalized spacial score (nSPS) is 12.2. The van der Waals surface area contributed by atoms with E-state index in [0.717, 1.165) is 5.56 Å². The molecule has 24 heavy (non-hydrogen) atoms. The number of sulfonamides is 1. The second-order valence-corrected chi connectivity index (χ2v) is 6.94. The molecule has 2 N–H and O–H groups in total. The Morgan fingerprint density at radius 2 is 1.92 bits per heavy atom. The first kappa shape index (κ1) is 16.2. The van der Waals surface area contributed by atoms with Gasteiger partial charge in [-0.15, -0.1) is 0 Å². The molecule has 0 spiro atoms. The highest BCUT2D eigenvalue weighted by molar-refractivity contribution is 7.89. The van der Waals surface area contributed by atoms with Crippen LogP contribution in [0, 0.1) is 0 Å². The maximum absolute atomic E-state index is 12.3. The van der Waals surface area contributed by atoms with Crippen LogP contribution < -0.4 is 10.5 Å². The lowest BCUT2D eigenvalue weighted by molar-refractivity contribution is 0.553. The van der Waals surface area contributed by atoms with Gasteiger partial charge in [-0.2, -0.15) is 0 Å². The molecule has 7 heteroatoms. The predicted octanol–water partition coefficient (Wildman–Crippen LogP) is 2.50. The Hall–Kier alpha value is -2.64. The summed E-state index contributed by atoms with van der Waals surface area (Å²) in [6.45, 7) is 0.279. The summed E-state index contributed by atoms with van der Waals surface area (Å²) >= 11 is 0. The number of fused-ring (bicyclic) bond motifs is 1. The molecule has 0 fully saturated rings. The van der Waals surface area contributed by atoms with Crippen LogP contribution in [0.1, 0.15) is 12.0 Å². The van der Waals surface area contributed by atoms with E-state index in [1.165, 1.54) is 18.2 Å². The van der Waals surface area contributed by atoms with Gasteiger partial charge in [0, 0.05) is 12.6 Å². The average molecular weight is 344 g/mol. The molecule has 3 aromatic rings. The van der Waals surface area contributed by atoms with Crippen molar-refractivity contribution in [3.8, 4) is 0 Å². The molecule has 0 aliphatic heterocycles. The van der Waals surface area contributed by atoms with Crippen molar-refractivity contribution in [2.45, 2.75) is 11.3 Å². The lowest BCUT2D eigenvalue weighted by atomic mass is 10.2. The SMILES string of the molecule is O=c1[nH]c2ccc(S(=O)(=O)NCC/C=C/c3ccccc3)cc2o1. The predicted molar refractivity (Wildman–Crippen MR) is 92.1 cm³/mol. The second kappa shape index (κ2) is 6.86. The van der Waals surface area contributed by atoms with Gasteiger partial charge in [0.05, 0.1) is 10.4 Å². The molecule has 1 heterocycles. The van der Waals surface area contributed by atoms with Gasteiger partial charge in [-0.3, -0.25) is 4.98 Å². The summed E-state index contributed by atoms with van der Waals surface area (Å²) in [5.41, 5.74) is 1.74. The minimum atomic E-state index is -3.65. The van der Waals surface area contributed by atoms with Crippen LogP contribution in [-0.2, 0) is 10.0 Å². The monoisotopic (exact) mass is 344 g/mol. The smallest absolute Gasteiger partial charge is 0.408 e. The van der Waals surface area contributed by atoms with E-state index in [1.807, 2.05) is 42.5 Å². The van der Waals surface area contributed by atoms with Crippen LogP contribution in [0.25, 0.3) is 17.2 Å². The molecule has 1 aromatic heterocycles. The molecule has 2 aromatic carbocycles. The van der Waals surface area contributed by atoms with Crippen molar-refractivity contribution in [2.75, 3.05) is 6.54 Å². The average Bonchev–Trinajstić information content (AvgIpc) is 2.94. The number of aromatic amines is 1. The highest BCUT2D eigenvalue weighted by Crippen LogP contribution is 2.16. The number of hydrogen-bond donors (Lipinski definition) is 2.